The lowest BCUT2D eigenvalue weighted by molar-refractivity contribution is 0.434. The van der Waals surface area contributed by atoms with Crippen LogP contribution >= 0.6 is 0 Å². The molecule has 0 amide bonds. The third-order valence-corrected chi connectivity index (χ3v) is 5.39. The molecule has 0 radical (unpaired) electrons. The summed E-state index contributed by atoms with van der Waals surface area (Å²) in [5, 5.41) is 28.2. The highest BCUT2D eigenvalue weighted by molar-refractivity contribution is 5.47. The Hall–Kier alpha value is -2.04. The maximum absolute atomic E-state index is 10.7. The summed E-state index contributed by atoms with van der Waals surface area (Å²) in [5.74, 6) is 0.793. The summed E-state index contributed by atoms with van der Waals surface area (Å²) in [7, 11) is 0. The lowest BCUT2D eigenvalue weighted by Crippen LogP contribution is -2.27. The molecule has 4 heteroatoms. The maximum Gasteiger partial charge on any atom is 0.123 e. The number of phenols is 2. The van der Waals surface area contributed by atoms with Gasteiger partial charge in [-0.25, -0.2) is 0 Å². The maximum atomic E-state index is 10.7. The molecule has 0 heterocycles. The minimum atomic E-state index is -0.0892. The number of aromatic hydroxyl groups is 2. The van der Waals surface area contributed by atoms with Crippen molar-refractivity contribution < 1.29 is 10.2 Å². The molecule has 0 aliphatic heterocycles. The van der Waals surface area contributed by atoms with Gasteiger partial charge < -0.3 is 20.8 Å². The van der Waals surface area contributed by atoms with Crippen LogP contribution in [0.3, 0.4) is 0 Å². The molecule has 166 valence electrons. The highest BCUT2D eigenvalue weighted by atomic mass is 16.3. The number of rotatable bonds is 7. The van der Waals surface area contributed by atoms with Crippen molar-refractivity contribution in [1.82, 2.24) is 10.6 Å². The number of benzene rings is 2. The van der Waals surface area contributed by atoms with Crippen LogP contribution in [0.2, 0.25) is 0 Å². The SMILES string of the molecule is Cc1cc(CNCCNCc2cc(C)cc(C(C)(C)C)c2O)c(O)c(C(C)(C)C)c1. The number of hydrogen-bond acceptors (Lipinski definition) is 4. The Morgan fingerprint density at radius 2 is 0.967 bits per heavy atom. The van der Waals surface area contributed by atoms with Crippen molar-refractivity contribution in [3.05, 3.63) is 57.6 Å². The van der Waals surface area contributed by atoms with Gasteiger partial charge in [-0.15, -0.1) is 0 Å². The van der Waals surface area contributed by atoms with Crippen molar-refractivity contribution in [3.63, 3.8) is 0 Å². The second-order valence-electron chi connectivity index (χ2n) is 10.5. The van der Waals surface area contributed by atoms with Gasteiger partial charge in [-0.2, -0.15) is 0 Å². The smallest absolute Gasteiger partial charge is 0.123 e. The quantitative estimate of drug-likeness (QED) is 0.473. The second kappa shape index (κ2) is 9.40. The number of nitrogens with one attached hydrogen (secondary N) is 2. The topological polar surface area (TPSA) is 64.5 Å². The Bertz CT molecular complexity index is 801. The molecule has 4 N–H and O–H groups in total. The van der Waals surface area contributed by atoms with E-state index in [2.05, 4.69) is 78.2 Å². The fraction of sp³-hybridized carbons (Fsp3) is 0.538. The van der Waals surface area contributed by atoms with Crippen LogP contribution in [0.25, 0.3) is 0 Å². The Morgan fingerprint density at radius 3 is 1.27 bits per heavy atom. The van der Waals surface area contributed by atoms with Crippen LogP contribution in [-0.2, 0) is 23.9 Å². The van der Waals surface area contributed by atoms with Crippen molar-refractivity contribution in [2.24, 2.45) is 0 Å². The standard InChI is InChI=1S/C26H40N2O2/c1-17-11-19(23(29)21(13-17)25(3,4)5)15-27-9-10-28-16-20-12-18(2)14-22(24(20)30)26(6,7)8/h11-14,27-30H,9-10,15-16H2,1-8H3. The lowest BCUT2D eigenvalue weighted by Gasteiger charge is -2.23. The molecular formula is C26H40N2O2. The van der Waals surface area contributed by atoms with Crippen molar-refractivity contribution in [3.8, 4) is 11.5 Å². The van der Waals surface area contributed by atoms with Gasteiger partial charge in [0.25, 0.3) is 0 Å². The minimum Gasteiger partial charge on any atom is -0.507 e. The number of aryl methyl sites for hydroxylation is 2. The van der Waals surface area contributed by atoms with E-state index in [0.717, 1.165) is 46.5 Å². The van der Waals surface area contributed by atoms with Crippen molar-refractivity contribution in [1.29, 1.82) is 0 Å². The van der Waals surface area contributed by atoms with Crippen LogP contribution in [-0.4, -0.2) is 23.3 Å². The fourth-order valence-corrected chi connectivity index (χ4v) is 3.74. The van der Waals surface area contributed by atoms with Gasteiger partial charge in [-0.05, 0) is 35.8 Å². The average molecular weight is 413 g/mol. The van der Waals surface area contributed by atoms with E-state index in [1.54, 1.807) is 0 Å². The largest absolute Gasteiger partial charge is 0.507 e. The molecule has 30 heavy (non-hydrogen) atoms. The van der Waals surface area contributed by atoms with Gasteiger partial charge in [-0.1, -0.05) is 76.9 Å². The monoisotopic (exact) mass is 412 g/mol. The summed E-state index contributed by atoms with van der Waals surface area (Å²) in [4.78, 5) is 0. The molecule has 0 saturated carbocycles. The molecule has 0 bridgehead atoms. The highest BCUT2D eigenvalue weighted by Gasteiger charge is 2.21. The Kier molecular flexibility index (Phi) is 7.59. The summed E-state index contributed by atoms with van der Waals surface area (Å²) in [6.45, 7) is 19.7. The van der Waals surface area contributed by atoms with E-state index in [1.165, 1.54) is 0 Å². The van der Waals surface area contributed by atoms with Gasteiger partial charge in [0, 0.05) is 37.3 Å². The Labute approximate surface area is 182 Å². The summed E-state index contributed by atoms with van der Waals surface area (Å²) >= 11 is 0. The molecule has 0 aliphatic carbocycles. The molecule has 4 nitrogen and oxygen atoms in total. The molecule has 0 spiro atoms. The third kappa shape index (κ3) is 6.23. The Morgan fingerprint density at radius 1 is 0.633 bits per heavy atom. The molecular weight excluding hydrogens is 372 g/mol. The van der Waals surface area contributed by atoms with Crippen molar-refractivity contribution >= 4 is 0 Å². The molecule has 0 saturated heterocycles. The number of hydrogen-bond donors (Lipinski definition) is 4. The summed E-state index contributed by atoms with van der Waals surface area (Å²) in [5.41, 5.74) is 6.00. The first-order chi connectivity index (χ1) is 13.8. The van der Waals surface area contributed by atoms with E-state index in [-0.39, 0.29) is 10.8 Å². The zero-order chi connectivity index (χ0) is 22.7. The van der Waals surface area contributed by atoms with Gasteiger partial charge in [0.15, 0.2) is 0 Å². The van der Waals surface area contributed by atoms with Crippen molar-refractivity contribution in [2.75, 3.05) is 13.1 Å². The van der Waals surface area contributed by atoms with Gasteiger partial charge in [0.05, 0.1) is 0 Å². The van der Waals surface area contributed by atoms with Gasteiger partial charge in [0.1, 0.15) is 11.5 Å². The molecule has 0 atom stereocenters. The average Bonchev–Trinajstić information content (AvgIpc) is 2.60. The van der Waals surface area contributed by atoms with Gasteiger partial charge >= 0.3 is 0 Å². The molecule has 0 unspecified atom stereocenters. The van der Waals surface area contributed by atoms with Gasteiger partial charge in [-0.3, -0.25) is 0 Å². The van der Waals surface area contributed by atoms with E-state index in [4.69, 9.17) is 0 Å². The molecule has 2 aromatic carbocycles. The predicted molar refractivity (Wildman–Crippen MR) is 127 cm³/mol. The van der Waals surface area contributed by atoms with Crippen LogP contribution in [0.5, 0.6) is 11.5 Å². The first kappa shape index (κ1) is 24.2. The van der Waals surface area contributed by atoms with Crippen LogP contribution in [0, 0.1) is 13.8 Å². The molecule has 0 aromatic heterocycles. The van der Waals surface area contributed by atoms with Crippen molar-refractivity contribution in [2.45, 2.75) is 79.3 Å². The van der Waals surface area contributed by atoms with Gasteiger partial charge in [0.2, 0.25) is 0 Å². The van der Waals surface area contributed by atoms with E-state index in [9.17, 15) is 10.2 Å². The Balaban J connectivity index is 1.91. The van der Waals surface area contributed by atoms with Crippen LogP contribution in [0.1, 0.15) is 74.9 Å². The molecule has 0 fully saturated rings. The van der Waals surface area contributed by atoms with E-state index < -0.39 is 0 Å². The number of phenolic OH excluding ortho intramolecular Hbond substituents is 2. The van der Waals surface area contributed by atoms with Crippen LogP contribution < -0.4 is 10.6 Å². The first-order valence-electron chi connectivity index (χ1n) is 10.9. The summed E-state index contributed by atoms with van der Waals surface area (Å²) in [6, 6.07) is 8.23. The zero-order valence-electron chi connectivity index (χ0n) is 20.0. The van der Waals surface area contributed by atoms with E-state index in [0.29, 0.717) is 24.6 Å². The summed E-state index contributed by atoms with van der Waals surface area (Å²) in [6.07, 6.45) is 0. The normalized spacial score (nSPS) is 12.4. The lowest BCUT2D eigenvalue weighted by atomic mass is 9.84. The van der Waals surface area contributed by atoms with E-state index in [1.807, 2.05) is 12.1 Å². The van der Waals surface area contributed by atoms with Crippen LogP contribution in [0.4, 0.5) is 0 Å². The minimum absolute atomic E-state index is 0.0892. The first-order valence-corrected chi connectivity index (χ1v) is 10.9. The zero-order valence-corrected chi connectivity index (χ0v) is 20.0. The summed E-state index contributed by atoms with van der Waals surface area (Å²) < 4.78 is 0. The predicted octanol–water partition coefficient (Wildman–Crippen LogP) is 5.19. The molecule has 2 aromatic rings. The highest BCUT2D eigenvalue weighted by Crippen LogP contribution is 2.35. The molecule has 2 rings (SSSR count). The van der Waals surface area contributed by atoms with Crippen LogP contribution in [0.15, 0.2) is 24.3 Å². The fourth-order valence-electron chi connectivity index (χ4n) is 3.74. The second-order valence-corrected chi connectivity index (χ2v) is 10.5. The third-order valence-electron chi connectivity index (χ3n) is 5.39. The van der Waals surface area contributed by atoms with E-state index >= 15 is 0 Å². The molecule has 0 aliphatic rings.